The second-order valence-corrected chi connectivity index (χ2v) is 12.0. The quantitative estimate of drug-likeness (QED) is 0.238. The molecule has 12 heteroatoms. The number of benzene rings is 2. The normalized spacial score (nSPS) is 21.8. The third kappa shape index (κ3) is 8.88. The molecule has 0 bridgehead atoms. The Morgan fingerprint density at radius 3 is 2.09 bits per heavy atom. The van der Waals surface area contributed by atoms with Gasteiger partial charge in [-0.05, 0) is 36.6 Å². The van der Waals surface area contributed by atoms with Crippen molar-refractivity contribution in [2.75, 3.05) is 59.8 Å². The minimum Gasteiger partial charge on any atom is -0.497 e. The zero-order valence-electron chi connectivity index (χ0n) is 25.8. The summed E-state index contributed by atoms with van der Waals surface area (Å²) in [4.78, 5) is 56.1. The smallest absolute Gasteiger partial charge is 0.243 e. The van der Waals surface area contributed by atoms with Crippen molar-refractivity contribution in [3.63, 3.8) is 0 Å². The average Bonchev–Trinajstić information content (AvgIpc) is 3.78. The van der Waals surface area contributed by atoms with E-state index in [2.05, 4.69) is 16.0 Å². The molecule has 2 aromatic rings. The highest BCUT2D eigenvalue weighted by atomic mass is 16.6. The number of nitrogens with one attached hydrogen (secondary N) is 3. The molecular formula is C33H42N4O8. The van der Waals surface area contributed by atoms with Crippen LogP contribution in [0.15, 0.2) is 54.6 Å². The van der Waals surface area contributed by atoms with E-state index in [-0.39, 0.29) is 43.6 Å². The number of ketones is 1. The maximum absolute atomic E-state index is 13.9. The highest BCUT2D eigenvalue weighted by molar-refractivity contribution is 5.98. The van der Waals surface area contributed by atoms with E-state index in [4.69, 9.17) is 18.9 Å². The van der Waals surface area contributed by atoms with Gasteiger partial charge < -0.3 is 34.9 Å². The predicted molar refractivity (Wildman–Crippen MR) is 164 cm³/mol. The first kappa shape index (κ1) is 32.6. The minimum atomic E-state index is -1.04. The lowest BCUT2D eigenvalue weighted by Crippen LogP contribution is -2.61. The molecular weight excluding hydrogens is 580 g/mol. The lowest BCUT2D eigenvalue weighted by Gasteiger charge is -2.35. The van der Waals surface area contributed by atoms with Gasteiger partial charge in [-0.2, -0.15) is 0 Å². The molecule has 0 radical (unpaired) electrons. The number of hydrogen-bond acceptors (Lipinski definition) is 9. The Morgan fingerprint density at radius 1 is 0.867 bits per heavy atom. The van der Waals surface area contributed by atoms with Gasteiger partial charge in [0.05, 0.1) is 52.7 Å². The van der Waals surface area contributed by atoms with E-state index in [9.17, 15) is 19.2 Å². The first-order chi connectivity index (χ1) is 21.7. The Balaban J connectivity index is 1.33. The van der Waals surface area contributed by atoms with Crippen LogP contribution in [0.5, 0.6) is 5.75 Å². The second-order valence-electron chi connectivity index (χ2n) is 12.0. The number of carbonyl (C=O) groups is 4. The molecule has 0 aliphatic carbocycles. The Kier molecular flexibility index (Phi) is 10.8. The highest BCUT2D eigenvalue weighted by Crippen LogP contribution is 2.29. The van der Waals surface area contributed by atoms with Crippen molar-refractivity contribution in [1.82, 2.24) is 20.9 Å². The van der Waals surface area contributed by atoms with Crippen LogP contribution in [-0.4, -0.2) is 112 Å². The molecule has 4 atom stereocenters. The zero-order chi connectivity index (χ0) is 31.8. The Hall–Kier alpha value is -3.84. The van der Waals surface area contributed by atoms with Crippen molar-refractivity contribution >= 4 is 23.5 Å². The van der Waals surface area contributed by atoms with Crippen LogP contribution in [0.4, 0.5) is 0 Å². The van der Waals surface area contributed by atoms with Crippen molar-refractivity contribution in [3.05, 3.63) is 65.7 Å². The molecule has 3 aliphatic rings. The standard InChI is InChI=1S/C33H42N4O8/c1-33(21-45-33)30(39)26(16-22-6-4-3-5-7-22)34-31(40)27(17-23-8-10-25(42-2)11-9-23)35-32(41)29(24-19-44-20-24)36-28(38)18-37-12-14-43-15-13-37/h3-11,24,26-27,29H,12-21H2,1-2H3,(H,34,40)(H,35,41)(H,36,38). The summed E-state index contributed by atoms with van der Waals surface area (Å²) in [5.74, 6) is -1.09. The van der Waals surface area contributed by atoms with E-state index in [1.807, 2.05) is 47.4 Å². The molecule has 242 valence electrons. The molecule has 3 aliphatic heterocycles. The van der Waals surface area contributed by atoms with E-state index in [1.54, 1.807) is 26.2 Å². The van der Waals surface area contributed by atoms with E-state index in [1.165, 1.54) is 0 Å². The summed E-state index contributed by atoms with van der Waals surface area (Å²) in [6.07, 6.45) is 0.421. The number of Topliss-reactive ketones (excluding diaryl/α,β-unsaturated/α-hetero) is 1. The van der Waals surface area contributed by atoms with Gasteiger partial charge in [0.25, 0.3) is 0 Å². The van der Waals surface area contributed by atoms with Crippen LogP contribution in [0.25, 0.3) is 0 Å². The number of carbonyl (C=O) groups excluding carboxylic acids is 4. The summed E-state index contributed by atoms with van der Waals surface area (Å²) in [6, 6.07) is 13.8. The Bertz CT molecular complexity index is 1320. The van der Waals surface area contributed by atoms with Gasteiger partial charge in [-0.15, -0.1) is 0 Å². The molecule has 0 spiro atoms. The lowest BCUT2D eigenvalue weighted by atomic mass is 9.94. The number of rotatable bonds is 15. The Morgan fingerprint density at radius 2 is 1.49 bits per heavy atom. The van der Waals surface area contributed by atoms with Crippen LogP contribution >= 0.6 is 0 Å². The van der Waals surface area contributed by atoms with Gasteiger partial charge in [-0.3, -0.25) is 24.1 Å². The van der Waals surface area contributed by atoms with E-state index in [0.29, 0.717) is 45.3 Å². The summed E-state index contributed by atoms with van der Waals surface area (Å²) in [5, 5.41) is 8.68. The summed E-state index contributed by atoms with van der Waals surface area (Å²) in [5.41, 5.74) is 0.699. The summed E-state index contributed by atoms with van der Waals surface area (Å²) < 4.78 is 21.4. The van der Waals surface area contributed by atoms with Gasteiger partial charge >= 0.3 is 0 Å². The summed E-state index contributed by atoms with van der Waals surface area (Å²) >= 11 is 0. The molecule has 0 aromatic heterocycles. The number of ether oxygens (including phenoxy) is 4. The molecule has 3 saturated heterocycles. The maximum atomic E-state index is 13.9. The highest BCUT2D eigenvalue weighted by Gasteiger charge is 2.50. The monoisotopic (exact) mass is 622 g/mol. The summed E-state index contributed by atoms with van der Waals surface area (Å²) in [7, 11) is 1.57. The molecule has 12 nitrogen and oxygen atoms in total. The van der Waals surface area contributed by atoms with E-state index < -0.39 is 35.5 Å². The van der Waals surface area contributed by atoms with Crippen LogP contribution < -0.4 is 20.7 Å². The van der Waals surface area contributed by atoms with Crippen LogP contribution in [0.3, 0.4) is 0 Å². The fourth-order valence-corrected chi connectivity index (χ4v) is 5.44. The molecule has 5 rings (SSSR count). The predicted octanol–water partition coefficient (Wildman–Crippen LogP) is 0.271. The van der Waals surface area contributed by atoms with Gasteiger partial charge in [0.15, 0.2) is 5.78 Å². The molecule has 0 saturated carbocycles. The molecule has 2 aromatic carbocycles. The van der Waals surface area contributed by atoms with Crippen LogP contribution in [0.1, 0.15) is 18.1 Å². The number of hydrogen-bond donors (Lipinski definition) is 3. The van der Waals surface area contributed by atoms with Crippen molar-refractivity contribution in [2.24, 2.45) is 5.92 Å². The van der Waals surface area contributed by atoms with Crippen molar-refractivity contribution < 1.29 is 38.1 Å². The van der Waals surface area contributed by atoms with Gasteiger partial charge in [-0.1, -0.05) is 42.5 Å². The largest absolute Gasteiger partial charge is 0.497 e. The first-order valence-electron chi connectivity index (χ1n) is 15.4. The summed E-state index contributed by atoms with van der Waals surface area (Å²) in [6.45, 7) is 5.14. The number of morpholine rings is 1. The van der Waals surface area contributed by atoms with Crippen LogP contribution in [0.2, 0.25) is 0 Å². The van der Waals surface area contributed by atoms with Crippen molar-refractivity contribution in [2.45, 2.75) is 43.5 Å². The van der Waals surface area contributed by atoms with Gasteiger partial charge in [0.2, 0.25) is 17.7 Å². The third-order valence-corrected chi connectivity index (χ3v) is 8.45. The van der Waals surface area contributed by atoms with E-state index in [0.717, 1.165) is 11.1 Å². The molecule has 3 heterocycles. The number of methoxy groups -OCH3 is 1. The molecule has 3 amide bonds. The SMILES string of the molecule is COc1ccc(CC(NC(=O)C(NC(=O)CN2CCOCC2)C2COC2)C(=O)NC(Cc2ccccc2)C(=O)C2(C)CO2)cc1. The minimum absolute atomic E-state index is 0.139. The van der Waals surface area contributed by atoms with Crippen molar-refractivity contribution in [1.29, 1.82) is 0 Å². The zero-order valence-corrected chi connectivity index (χ0v) is 25.8. The number of nitrogens with zero attached hydrogens (tertiary/aromatic N) is 1. The third-order valence-electron chi connectivity index (χ3n) is 8.45. The second kappa shape index (κ2) is 15.0. The topological polar surface area (TPSA) is 148 Å². The lowest BCUT2D eigenvalue weighted by molar-refractivity contribution is -0.139. The fraction of sp³-hybridized carbons (Fsp3) is 0.515. The van der Waals surface area contributed by atoms with Gasteiger partial charge in [0.1, 0.15) is 23.4 Å². The fourth-order valence-electron chi connectivity index (χ4n) is 5.44. The molecule has 4 unspecified atom stereocenters. The van der Waals surface area contributed by atoms with E-state index >= 15 is 0 Å². The Labute approximate surface area is 263 Å². The van der Waals surface area contributed by atoms with Crippen LogP contribution in [0, 0.1) is 5.92 Å². The van der Waals surface area contributed by atoms with Crippen LogP contribution in [-0.2, 0) is 46.2 Å². The van der Waals surface area contributed by atoms with Gasteiger partial charge in [0, 0.05) is 25.4 Å². The molecule has 3 N–H and O–H groups in total. The van der Waals surface area contributed by atoms with Crippen molar-refractivity contribution in [3.8, 4) is 5.75 Å². The number of amides is 3. The maximum Gasteiger partial charge on any atom is 0.243 e. The molecule has 45 heavy (non-hydrogen) atoms. The average molecular weight is 623 g/mol. The van der Waals surface area contributed by atoms with Gasteiger partial charge in [-0.25, -0.2) is 0 Å². The number of epoxide rings is 1. The first-order valence-corrected chi connectivity index (χ1v) is 15.4. The molecule has 3 fully saturated rings.